The Labute approximate surface area is 156 Å². The minimum absolute atomic E-state index is 0.213. The Morgan fingerprint density at radius 3 is 2.44 bits per heavy atom. The van der Waals surface area contributed by atoms with Gasteiger partial charge in [0.2, 0.25) is 0 Å². The lowest BCUT2D eigenvalue weighted by Crippen LogP contribution is -2.08. The highest BCUT2D eigenvalue weighted by atomic mass is 19.1. The van der Waals surface area contributed by atoms with E-state index in [1.54, 1.807) is 18.2 Å². The molecule has 0 bridgehead atoms. The van der Waals surface area contributed by atoms with Crippen molar-refractivity contribution in [2.75, 3.05) is 0 Å². The van der Waals surface area contributed by atoms with Gasteiger partial charge in [-0.3, -0.25) is 4.79 Å². The fourth-order valence-electron chi connectivity index (χ4n) is 2.71. The van der Waals surface area contributed by atoms with E-state index in [0.717, 1.165) is 5.56 Å². The fourth-order valence-corrected chi connectivity index (χ4v) is 2.71. The van der Waals surface area contributed by atoms with Crippen LogP contribution in [0.4, 0.5) is 4.39 Å². The van der Waals surface area contributed by atoms with E-state index in [0.29, 0.717) is 28.9 Å². The zero-order valence-electron chi connectivity index (χ0n) is 14.5. The van der Waals surface area contributed by atoms with Gasteiger partial charge in [0.05, 0.1) is 19.4 Å². The predicted molar refractivity (Wildman–Crippen MR) is 101 cm³/mol. The maximum Gasteiger partial charge on any atom is 0.193 e. The molecule has 0 radical (unpaired) electrons. The summed E-state index contributed by atoms with van der Waals surface area (Å²) in [7, 11) is 0. The Balaban J connectivity index is 1.83. The Kier molecular flexibility index (Phi) is 6.07. The van der Waals surface area contributed by atoms with Gasteiger partial charge in [-0.25, -0.2) is 4.39 Å². The second-order valence-corrected chi connectivity index (χ2v) is 5.98. The van der Waals surface area contributed by atoms with Crippen LogP contribution in [0.1, 0.15) is 32.6 Å². The van der Waals surface area contributed by atoms with Crippen LogP contribution in [0.25, 0.3) is 0 Å². The maximum atomic E-state index is 13.1. The van der Waals surface area contributed by atoms with E-state index in [1.807, 2.05) is 30.3 Å². The van der Waals surface area contributed by atoms with Gasteiger partial charge < -0.3 is 9.94 Å². The van der Waals surface area contributed by atoms with Gasteiger partial charge in [-0.1, -0.05) is 47.6 Å². The lowest BCUT2D eigenvalue weighted by Gasteiger charge is -2.11. The SMILES string of the molecule is O=C(c1ccc(F)cc1)c1ccc(C=NO)cc1COCc1ccccc1. The number of hydrogen-bond acceptors (Lipinski definition) is 4. The van der Waals surface area contributed by atoms with Gasteiger partial charge >= 0.3 is 0 Å². The molecule has 0 aromatic heterocycles. The minimum Gasteiger partial charge on any atom is -0.411 e. The van der Waals surface area contributed by atoms with Crippen LogP contribution in [0.2, 0.25) is 0 Å². The molecular formula is C22H18FNO3. The van der Waals surface area contributed by atoms with E-state index in [2.05, 4.69) is 5.16 Å². The first-order chi connectivity index (χ1) is 13.2. The monoisotopic (exact) mass is 363 g/mol. The Hall–Kier alpha value is -3.31. The molecule has 27 heavy (non-hydrogen) atoms. The van der Waals surface area contributed by atoms with Crippen molar-refractivity contribution in [3.05, 3.63) is 106 Å². The van der Waals surface area contributed by atoms with E-state index in [-0.39, 0.29) is 12.4 Å². The molecule has 0 atom stereocenters. The first kappa shape index (κ1) is 18.5. The molecule has 0 amide bonds. The summed E-state index contributed by atoms with van der Waals surface area (Å²) < 4.78 is 18.9. The third kappa shape index (κ3) is 4.86. The first-order valence-electron chi connectivity index (χ1n) is 8.39. The normalized spacial score (nSPS) is 11.0. The summed E-state index contributed by atoms with van der Waals surface area (Å²) in [6.45, 7) is 0.619. The molecule has 4 nitrogen and oxygen atoms in total. The van der Waals surface area contributed by atoms with Crippen molar-refractivity contribution < 1.29 is 19.1 Å². The summed E-state index contributed by atoms with van der Waals surface area (Å²) in [4.78, 5) is 12.8. The van der Waals surface area contributed by atoms with E-state index >= 15 is 0 Å². The third-order valence-electron chi connectivity index (χ3n) is 4.06. The van der Waals surface area contributed by atoms with E-state index in [9.17, 15) is 9.18 Å². The maximum absolute atomic E-state index is 13.1. The number of ether oxygens (including phenoxy) is 1. The molecule has 0 aliphatic heterocycles. The number of oxime groups is 1. The van der Waals surface area contributed by atoms with E-state index in [4.69, 9.17) is 9.94 Å². The molecule has 136 valence electrons. The summed E-state index contributed by atoms with van der Waals surface area (Å²) in [6, 6.07) is 20.2. The number of nitrogens with zero attached hydrogens (tertiary/aromatic N) is 1. The molecule has 0 aliphatic rings. The summed E-state index contributed by atoms with van der Waals surface area (Å²) in [5, 5.41) is 11.8. The molecule has 0 spiro atoms. The van der Waals surface area contributed by atoms with Crippen molar-refractivity contribution in [2.45, 2.75) is 13.2 Å². The zero-order valence-corrected chi connectivity index (χ0v) is 14.5. The summed E-state index contributed by atoms with van der Waals surface area (Å²) >= 11 is 0. The smallest absolute Gasteiger partial charge is 0.193 e. The van der Waals surface area contributed by atoms with E-state index < -0.39 is 5.82 Å². The topological polar surface area (TPSA) is 58.9 Å². The van der Waals surface area contributed by atoms with Gasteiger partial charge in [0.15, 0.2) is 5.78 Å². The van der Waals surface area contributed by atoms with Crippen LogP contribution in [-0.2, 0) is 18.0 Å². The molecule has 5 heteroatoms. The summed E-state index contributed by atoms with van der Waals surface area (Å²) in [5.74, 6) is -0.617. The van der Waals surface area contributed by atoms with Crippen LogP contribution in [0, 0.1) is 5.82 Å². The van der Waals surface area contributed by atoms with Crippen LogP contribution in [0.15, 0.2) is 78.0 Å². The van der Waals surface area contributed by atoms with Crippen molar-refractivity contribution in [1.82, 2.24) is 0 Å². The predicted octanol–water partition coefficient (Wildman–Crippen LogP) is 4.58. The molecular weight excluding hydrogens is 345 g/mol. The molecule has 0 unspecified atom stereocenters. The standard InChI is InChI=1S/C22H18FNO3/c23-20-9-7-18(8-10-20)22(25)21-11-6-17(13-24-26)12-19(21)15-27-14-16-4-2-1-3-5-16/h1-13,26H,14-15H2. The number of ketones is 1. The van der Waals surface area contributed by atoms with Gasteiger partial charge in [-0.15, -0.1) is 0 Å². The van der Waals surface area contributed by atoms with Gasteiger partial charge in [-0.05, 0) is 47.0 Å². The molecule has 1 N–H and O–H groups in total. The Morgan fingerprint density at radius 2 is 1.74 bits per heavy atom. The van der Waals surface area contributed by atoms with E-state index in [1.165, 1.54) is 30.5 Å². The molecule has 0 saturated carbocycles. The molecule has 0 saturated heterocycles. The fraction of sp³-hybridized carbons (Fsp3) is 0.0909. The largest absolute Gasteiger partial charge is 0.411 e. The second-order valence-electron chi connectivity index (χ2n) is 5.98. The van der Waals surface area contributed by atoms with Crippen LogP contribution >= 0.6 is 0 Å². The van der Waals surface area contributed by atoms with Crippen LogP contribution in [0.3, 0.4) is 0 Å². The third-order valence-corrected chi connectivity index (χ3v) is 4.06. The van der Waals surface area contributed by atoms with Crippen molar-refractivity contribution in [3.8, 4) is 0 Å². The average molecular weight is 363 g/mol. The number of carbonyl (C=O) groups is 1. The van der Waals surface area contributed by atoms with Gasteiger partial charge in [-0.2, -0.15) is 0 Å². The Bertz CT molecular complexity index is 938. The highest BCUT2D eigenvalue weighted by molar-refractivity contribution is 6.10. The van der Waals surface area contributed by atoms with Crippen molar-refractivity contribution in [2.24, 2.45) is 5.16 Å². The quantitative estimate of drug-likeness (QED) is 0.289. The average Bonchev–Trinajstić information content (AvgIpc) is 2.69. The molecule has 0 fully saturated rings. The lowest BCUT2D eigenvalue weighted by molar-refractivity contribution is 0.0991. The highest BCUT2D eigenvalue weighted by Gasteiger charge is 2.14. The first-order valence-corrected chi connectivity index (χ1v) is 8.39. The van der Waals surface area contributed by atoms with Gasteiger partial charge in [0.25, 0.3) is 0 Å². The number of benzene rings is 3. The van der Waals surface area contributed by atoms with Crippen LogP contribution < -0.4 is 0 Å². The van der Waals surface area contributed by atoms with Crippen molar-refractivity contribution in [3.63, 3.8) is 0 Å². The molecule has 3 aromatic carbocycles. The van der Waals surface area contributed by atoms with Gasteiger partial charge in [0, 0.05) is 11.1 Å². The summed E-state index contributed by atoms with van der Waals surface area (Å²) in [6.07, 6.45) is 1.28. The second kappa shape index (κ2) is 8.87. The number of rotatable bonds is 7. The number of hydrogen-bond donors (Lipinski definition) is 1. The molecule has 0 heterocycles. The molecule has 3 rings (SSSR count). The highest BCUT2D eigenvalue weighted by Crippen LogP contribution is 2.18. The number of carbonyl (C=O) groups excluding carboxylic acids is 1. The van der Waals surface area contributed by atoms with Crippen molar-refractivity contribution >= 4 is 12.0 Å². The molecule has 0 aliphatic carbocycles. The van der Waals surface area contributed by atoms with Crippen molar-refractivity contribution in [1.29, 1.82) is 0 Å². The Morgan fingerprint density at radius 1 is 1.00 bits per heavy atom. The lowest BCUT2D eigenvalue weighted by atomic mass is 9.97. The van der Waals surface area contributed by atoms with Gasteiger partial charge in [0.1, 0.15) is 5.82 Å². The summed E-state index contributed by atoms with van der Waals surface area (Å²) in [5.41, 5.74) is 3.19. The minimum atomic E-state index is -0.396. The molecule has 3 aromatic rings. The van der Waals surface area contributed by atoms with Crippen LogP contribution in [-0.4, -0.2) is 17.2 Å². The number of halogens is 1. The zero-order chi connectivity index (χ0) is 19.1. The van der Waals surface area contributed by atoms with Crippen LogP contribution in [0.5, 0.6) is 0 Å².